The number of anilines is 2. The minimum Gasteiger partial charge on any atom is -0.382 e. The van der Waals surface area contributed by atoms with Crippen LogP contribution in [-0.4, -0.2) is 48.0 Å². The van der Waals surface area contributed by atoms with Gasteiger partial charge in [-0.15, -0.1) is 0 Å². The Morgan fingerprint density at radius 2 is 1.68 bits per heavy atom. The normalized spacial score (nSPS) is 20.5. The molecule has 37 heavy (non-hydrogen) atoms. The van der Waals surface area contributed by atoms with E-state index in [0.717, 1.165) is 70.4 Å². The van der Waals surface area contributed by atoms with Gasteiger partial charge in [0, 0.05) is 56.1 Å². The maximum Gasteiger partial charge on any atom is 0.423 e. The number of amides is 1. The Hall–Kier alpha value is -3.30. The monoisotopic (exact) mass is 518 g/mol. The molecule has 1 heterocycles. The predicted molar refractivity (Wildman–Crippen MR) is 137 cm³/mol. The van der Waals surface area contributed by atoms with Gasteiger partial charge >= 0.3 is 6.18 Å². The van der Waals surface area contributed by atoms with E-state index in [1.165, 1.54) is 17.3 Å². The highest BCUT2D eigenvalue weighted by molar-refractivity contribution is 5.76. The van der Waals surface area contributed by atoms with Crippen LogP contribution in [0.15, 0.2) is 42.5 Å². The average Bonchev–Trinajstić information content (AvgIpc) is 2.88. The summed E-state index contributed by atoms with van der Waals surface area (Å²) in [5.74, 6) is 0.604. The zero-order valence-corrected chi connectivity index (χ0v) is 21.0. The number of aryl methyl sites for hydroxylation is 1. The maximum atomic E-state index is 13.2. The van der Waals surface area contributed by atoms with Crippen LogP contribution < -0.4 is 10.2 Å². The van der Waals surface area contributed by atoms with Crippen molar-refractivity contribution in [1.29, 1.82) is 0 Å². The van der Waals surface area contributed by atoms with Crippen molar-refractivity contribution in [2.24, 2.45) is 5.92 Å². The fraction of sp³-hybridized carbons (Fsp3) is 0.519. The van der Waals surface area contributed by atoms with Crippen LogP contribution in [0.5, 0.6) is 0 Å². The summed E-state index contributed by atoms with van der Waals surface area (Å²) in [5, 5.41) is 14.1. The molecule has 0 radical (unpaired) electrons. The van der Waals surface area contributed by atoms with E-state index in [-0.39, 0.29) is 17.6 Å². The Bertz CT molecular complexity index is 1090. The molecule has 1 aliphatic carbocycles. The molecule has 0 atom stereocenters. The van der Waals surface area contributed by atoms with Crippen molar-refractivity contribution >= 4 is 23.0 Å². The van der Waals surface area contributed by atoms with E-state index < -0.39 is 22.4 Å². The van der Waals surface area contributed by atoms with Gasteiger partial charge in [-0.3, -0.25) is 14.9 Å². The first-order valence-corrected chi connectivity index (χ1v) is 12.8. The summed E-state index contributed by atoms with van der Waals surface area (Å²) in [7, 11) is 0. The molecule has 7 nitrogen and oxygen atoms in total. The van der Waals surface area contributed by atoms with Crippen LogP contribution in [0.2, 0.25) is 0 Å². The van der Waals surface area contributed by atoms with Crippen molar-refractivity contribution in [3.05, 3.63) is 63.7 Å². The summed E-state index contributed by atoms with van der Waals surface area (Å²) >= 11 is 0. The number of hydrogen-bond acceptors (Lipinski definition) is 5. The van der Waals surface area contributed by atoms with Gasteiger partial charge in [-0.05, 0) is 69.2 Å². The highest BCUT2D eigenvalue weighted by Crippen LogP contribution is 2.38. The molecule has 200 valence electrons. The summed E-state index contributed by atoms with van der Waals surface area (Å²) in [6.07, 6.45) is -0.100. The van der Waals surface area contributed by atoms with Gasteiger partial charge < -0.3 is 15.1 Å². The second-order valence-electron chi connectivity index (χ2n) is 10.1. The van der Waals surface area contributed by atoms with E-state index in [2.05, 4.69) is 41.4 Å². The molecule has 1 amide bonds. The molecular formula is C27H33F3N4O3. The van der Waals surface area contributed by atoms with E-state index in [1.807, 2.05) is 4.90 Å². The molecule has 4 rings (SSSR count). The van der Waals surface area contributed by atoms with Gasteiger partial charge in [-0.2, -0.15) is 13.2 Å². The summed E-state index contributed by atoms with van der Waals surface area (Å²) in [5.41, 5.74) is 0.467. The van der Waals surface area contributed by atoms with Gasteiger partial charge in [-0.25, -0.2) is 0 Å². The van der Waals surface area contributed by atoms with E-state index in [0.29, 0.717) is 12.3 Å². The van der Waals surface area contributed by atoms with Crippen LogP contribution in [0.25, 0.3) is 0 Å². The van der Waals surface area contributed by atoms with Crippen molar-refractivity contribution in [2.75, 3.05) is 36.4 Å². The van der Waals surface area contributed by atoms with E-state index in [9.17, 15) is 28.1 Å². The number of hydrogen-bond donors (Lipinski definition) is 1. The summed E-state index contributed by atoms with van der Waals surface area (Å²) < 4.78 is 39.7. The first-order chi connectivity index (χ1) is 17.6. The number of carbonyl (C=O) groups is 1. The number of rotatable bonds is 7. The topological polar surface area (TPSA) is 78.7 Å². The lowest BCUT2D eigenvalue weighted by atomic mass is 9.83. The van der Waals surface area contributed by atoms with Crippen LogP contribution in [0, 0.1) is 23.0 Å². The molecule has 0 spiro atoms. The maximum absolute atomic E-state index is 13.2. The highest BCUT2D eigenvalue weighted by atomic mass is 19.4. The van der Waals surface area contributed by atoms with Crippen molar-refractivity contribution < 1.29 is 22.9 Å². The van der Waals surface area contributed by atoms with Gasteiger partial charge in [0.15, 0.2) is 0 Å². The lowest BCUT2D eigenvalue weighted by Crippen LogP contribution is -2.48. The summed E-state index contributed by atoms with van der Waals surface area (Å²) in [6, 6.07) is 11.5. The number of nitrogens with one attached hydrogen (secondary N) is 1. The third-order valence-corrected chi connectivity index (χ3v) is 7.51. The molecule has 1 N–H and O–H groups in total. The Labute approximate surface area is 214 Å². The SMILES string of the molecule is Cc1ccc(N2CCN(C(=O)CC[C@H]3CC[C@H](Nc4ccc([N+](=O)[O-])c(C(F)(F)F)c4)CC3)CC2)cc1. The molecule has 2 fully saturated rings. The number of carbonyl (C=O) groups excluding carboxylic acids is 1. The molecule has 0 unspecified atom stereocenters. The van der Waals surface area contributed by atoms with Crippen molar-refractivity contribution in [1.82, 2.24) is 4.90 Å². The lowest BCUT2D eigenvalue weighted by Gasteiger charge is -2.36. The van der Waals surface area contributed by atoms with Gasteiger partial charge in [0.1, 0.15) is 5.56 Å². The second kappa shape index (κ2) is 11.4. The van der Waals surface area contributed by atoms with Crippen LogP contribution in [0.1, 0.15) is 49.7 Å². The van der Waals surface area contributed by atoms with Gasteiger partial charge in [0.2, 0.25) is 5.91 Å². The minimum atomic E-state index is -4.79. The molecule has 10 heteroatoms. The Balaban J connectivity index is 1.20. The standard InChI is InChI=1S/C27H33F3N4O3/c1-19-2-10-23(11-3-19)32-14-16-33(17-15-32)26(35)13-6-20-4-7-21(8-5-20)31-22-9-12-25(34(36)37)24(18-22)27(28,29)30/h2-3,9-12,18,20-21,31H,4-8,13-17H2,1H3/t20-,21-. The molecule has 2 aromatic rings. The molecule has 0 bridgehead atoms. The first kappa shape index (κ1) is 26.8. The van der Waals surface area contributed by atoms with Crippen LogP contribution in [0.4, 0.5) is 30.2 Å². The van der Waals surface area contributed by atoms with Crippen LogP contribution in [-0.2, 0) is 11.0 Å². The van der Waals surface area contributed by atoms with Crippen LogP contribution >= 0.6 is 0 Å². The number of alkyl halides is 3. The molecule has 1 saturated heterocycles. The van der Waals surface area contributed by atoms with Gasteiger partial charge in [0.25, 0.3) is 5.69 Å². The molecular weight excluding hydrogens is 485 g/mol. The Kier molecular flexibility index (Phi) is 8.24. The predicted octanol–water partition coefficient (Wildman–Crippen LogP) is 6.02. The molecule has 1 saturated carbocycles. The molecule has 1 aliphatic heterocycles. The third kappa shape index (κ3) is 6.93. The Morgan fingerprint density at radius 3 is 2.27 bits per heavy atom. The third-order valence-electron chi connectivity index (χ3n) is 7.51. The number of piperazine rings is 1. The quantitative estimate of drug-likeness (QED) is 0.358. The molecule has 0 aromatic heterocycles. The fourth-order valence-electron chi connectivity index (χ4n) is 5.30. The van der Waals surface area contributed by atoms with Crippen LogP contribution in [0.3, 0.4) is 0 Å². The second-order valence-corrected chi connectivity index (χ2v) is 10.1. The number of benzene rings is 2. The number of halogens is 3. The first-order valence-electron chi connectivity index (χ1n) is 12.8. The highest BCUT2D eigenvalue weighted by Gasteiger charge is 2.38. The number of nitro groups is 1. The number of nitrogens with zero attached hydrogens (tertiary/aromatic N) is 3. The van der Waals surface area contributed by atoms with Gasteiger partial charge in [0.05, 0.1) is 4.92 Å². The summed E-state index contributed by atoms with van der Waals surface area (Å²) in [4.78, 5) is 27.0. The average molecular weight is 519 g/mol. The zero-order valence-electron chi connectivity index (χ0n) is 21.0. The van der Waals surface area contributed by atoms with Crippen molar-refractivity contribution in [2.45, 2.75) is 57.7 Å². The minimum absolute atomic E-state index is 0.00402. The fourth-order valence-corrected chi connectivity index (χ4v) is 5.30. The number of nitro benzene ring substituents is 1. The van der Waals surface area contributed by atoms with Gasteiger partial charge in [-0.1, -0.05) is 17.7 Å². The zero-order chi connectivity index (χ0) is 26.6. The van der Waals surface area contributed by atoms with Crippen molar-refractivity contribution in [3.8, 4) is 0 Å². The van der Waals surface area contributed by atoms with E-state index in [4.69, 9.17) is 0 Å². The van der Waals surface area contributed by atoms with E-state index >= 15 is 0 Å². The van der Waals surface area contributed by atoms with Crippen molar-refractivity contribution in [3.63, 3.8) is 0 Å². The largest absolute Gasteiger partial charge is 0.423 e. The smallest absolute Gasteiger partial charge is 0.382 e. The molecule has 2 aromatic carbocycles. The van der Waals surface area contributed by atoms with E-state index in [1.54, 1.807) is 0 Å². The molecule has 2 aliphatic rings. The summed E-state index contributed by atoms with van der Waals surface area (Å²) in [6.45, 7) is 5.15. The lowest BCUT2D eigenvalue weighted by molar-refractivity contribution is -0.388. The Morgan fingerprint density at radius 1 is 1.03 bits per heavy atom.